The lowest BCUT2D eigenvalue weighted by Gasteiger charge is -2.37. The van der Waals surface area contributed by atoms with Crippen LogP contribution in [0.25, 0.3) is 0 Å². The lowest BCUT2D eigenvalue weighted by Crippen LogP contribution is -2.47. The average Bonchev–Trinajstić information content (AvgIpc) is 3.16. The topological polar surface area (TPSA) is 53.0 Å². The van der Waals surface area contributed by atoms with Gasteiger partial charge < -0.3 is 14.7 Å². The zero-order valence-electron chi connectivity index (χ0n) is 17.2. The molecule has 6 heteroatoms. The van der Waals surface area contributed by atoms with Gasteiger partial charge >= 0.3 is 0 Å². The number of benzene rings is 1. The second-order valence-corrected chi connectivity index (χ2v) is 8.61. The Balaban J connectivity index is 1.73. The Morgan fingerprint density at radius 1 is 1.41 bits per heavy atom. The maximum atomic E-state index is 13.2. The van der Waals surface area contributed by atoms with Crippen molar-refractivity contribution in [3.63, 3.8) is 0 Å². The second kappa shape index (κ2) is 10.1. The van der Waals surface area contributed by atoms with E-state index in [-0.39, 0.29) is 18.5 Å². The van der Waals surface area contributed by atoms with E-state index >= 15 is 0 Å². The first-order chi connectivity index (χ1) is 14.0. The molecule has 0 aliphatic carbocycles. The highest BCUT2D eigenvalue weighted by atomic mass is 32.1. The van der Waals surface area contributed by atoms with Crippen molar-refractivity contribution in [1.29, 1.82) is 0 Å². The van der Waals surface area contributed by atoms with Crippen LogP contribution >= 0.6 is 11.3 Å². The fourth-order valence-corrected chi connectivity index (χ4v) is 4.65. The number of aliphatic hydroxyl groups is 1. The number of hydrogen-bond donors (Lipinski definition) is 1. The van der Waals surface area contributed by atoms with Crippen molar-refractivity contribution in [2.24, 2.45) is 0 Å². The molecule has 0 spiro atoms. The molecule has 2 unspecified atom stereocenters. The minimum absolute atomic E-state index is 0.0573. The molecule has 2 aromatic rings. The zero-order valence-corrected chi connectivity index (χ0v) is 18.0. The number of rotatable bonds is 9. The van der Waals surface area contributed by atoms with Gasteiger partial charge in [0.25, 0.3) is 0 Å². The molecule has 5 nitrogen and oxygen atoms in total. The van der Waals surface area contributed by atoms with Crippen LogP contribution in [0.5, 0.6) is 5.75 Å². The Morgan fingerprint density at radius 2 is 2.17 bits per heavy atom. The molecule has 29 heavy (non-hydrogen) atoms. The number of amides is 1. The smallest absolute Gasteiger partial charge is 0.237 e. The lowest BCUT2D eigenvalue weighted by molar-refractivity contribution is -0.136. The molecule has 0 bridgehead atoms. The number of hydrogen-bond acceptors (Lipinski definition) is 5. The molecule has 1 aromatic carbocycles. The number of carbonyl (C=O) groups excluding carboxylic acids is 1. The van der Waals surface area contributed by atoms with Gasteiger partial charge in [-0.1, -0.05) is 23.8 Å². The highest BCUT2D eigenvalue weighted by molar-refractivity contribution is 7.10. The van der Waals surface area contributed by atoms with Crippen LogP contribution in [-0.2, 0) is 11.2 Å². The molecule has 1 amide bonds. The molecule has 0 saturated heterocycles. The Bertz CT molecular complexity index is 816. The van der Waals surface area contributed by atoms with E-state index in [1.165, 1.54) is 16.0 Å². The van der Waals surface area contributed by atoms with Crippen LogP contribution in [-0.4, -0.2) is 59.7 Å². The standard InChI is InChI=1S/C23H30N2O3S/c1-4-11-24(14-18(3)26)15-23(27)25-12-9-22-20(10-13-29-22)21(25)16-28-19-7-5-17(2)6-8-19/h4-8,10,13,18,21,26H,1,9,11-12,14-16H2,2-3H3. The molecule has 3 rings (SSSR count). The number of aliphatic hydroxyl groups excluding tert-OH is 1. The number of ether oxygens (including phenoxy) is 1. The normalized spacial score (nSPS) is 17.1. The predicted octanol–water partition coefficient (Wildman–Crippen LogP) is 3.43. The van der Waals surface area contributed by atoms with Crippen LogP contribution in [0.1, 0.15) is 29.0 Å². The number of aryl methyl sites for hydroxylation is 1. The van der Waals surface area contributed by atoms with E-state index in [0.717, 1.165) is 12.2 Å². The van der Waals surface area contributed by atoms with Gasteiger partial charge in [-0.25, -0.2) is 0 Å². The van der Waals surface area contributed by atoms with E-state index in [1.54, 1.807) is 24.3 Å². The van der Waals surface area contributed by atoms with Crippen LogP contribution in [0.3, 0.4) is 0 Å². The summed E-state index contributed by atoms with van der Waals surface area (Å²) in [5.74, 6) is 0.870. The molecule has 2 atom stereocenters. The van der Waals surface area contributed by atoms with Crippen molar-refractivity contribution in [3.05, 3.63) is 64.4 Å². The first-order valence-corrected chi connectivity index (χ1v) is 10.9. The van der Waals surface area contributed by atoms with Crippen molar-refractivity contribution in [1.82, 2.24) is 9.80 Å². The maximum absolute atomic E-state index is 13.2. The van der Waals surface area contributed by atoms with E-state index in [4.69, 9.17) is 4.74 Å². The summed E-state index contributed by atoms with van der Waals surface area (Å²) in [4.78, 5) is 18.4. The van der Waals surface area contributed by atoms with Crippen molar-refractivity contribution < 1.29 is 14.6 Å². The predicted molar refractivity (Wildman–Crippen MR) is 117 cm³/mol. The van der Waals surface area contributed by atoms with E-state index < -0.39 is 6.10 Å². The Labute approximate surface area is 177 Å². The Morgan fingerprint density at radius 3 is 2.86 bits per heavy atom. The number of nitrogens with zero attached hydrogens (tertiary/aromatic N) is 2. The third kappa shape index (κ3) is 5.69. The van der Waals surface area contributed by atoms with Gasteiger partial charge in [0.05, 0.1) is 18.7 Å². The van der Waals surface area contributed by atoms with E-state index in [9.17, 15) is 9.90 Å². The monoisotopic (exact) mass is 414 g/mol. The molecule has 1 aromatic heterocycles. The van der Waals surface area contributed by atoms with Crippen LogP contribution in [0.4, 0.5) is 0 Å². The van der Waals surface area contributed by atoms with E-state index in [2.05, 4.69) is 18.0 Å². The van der Waals surface area contributed by atoms with E-state index in [1.807, 2.05) is 41.0 Å². The number of carbonyl (C=O) groups is 1. The molecular weight excluding hydrogens is 384 g/mol. The van der Waals surface area contributed by atoms with Gasteiger partial charge in [0.2, 0.25) is 5.91 Å². The first kappa shape index (κ1) is 21.6. The molecule has 1 aliphatic rings. The van der Waals surface area contributed by atoms with Crippen LogP contribution in [0.2, 0.25) is 0 Å². The SMILES string of the molecule is C=CCN(CC(=O)N1CCc2sccc2C1COc1ccc(C)cc1)CC(C)O. The molecule has 0 radical (unpaired) electrons. The van der Waals surface area contributed by atoms with Gasteiger partial charge in [-0.05, 0) is 49.4 Å². The van der Waals surface area contributed by atoms with E-state index in [0.29, 0.717) is 26.2 Å². The molecule has 1 aliphatic heterocycles. The Kier molecular flexibility index (Phi) is 7.47. The summed E-state index contributed by atoms with van der Waals surface area (Å²) in [5, 5.41) is 11.8. The molecule has 2 heterocycles. The summed E-state index contributed by atoms with van der Waals surface area (Å²) in [7, 11) is 0. The average molecular weight is 415 g/mol. The lowest BCUT2D eigenvalue weighted by atomic mass is 10.0. The summed E-state index contributed by atoms with van der Waals surface area (Å²) in [6.07, 6.45) is 2.15. The summed E-state index contributed by atoms with van der Waals surface area (Å²) in [5.41, 5.74) is 2.37. The van der Waals surface area contributed by atoms with Crippen LogP contribution < -0.4 is 4.74 Å². The quantitative estimate of drug-likeness (QED) is 0.639. The molecule has 0 fully saturated rings. The third-order valence-electron chi connectivity index (χ3n) is 5.11. The van der Waals surface area contributed by atoms with Crippen LogP contribution in [0.15, 0.2) is 48.4 Å². The minimum Gasteiger partial charge on any atom is -0.491 e. The summed E-state index contributed by atoms with van der Waals surface area (Å²) in [6, 6.07) is 9.99. The Hall–Kier alpha value is -2.15. The van der Waals surface area contributed by atoms with Gasteiger partial charge in [-0.3, -0.25) is 9.69 Å². The summed E-state index contributed by atoms with van der Waals surface area (Å²) >= 11 is 1.75. The summed E-state index contributed by atoms with van der Waals surface area (Å²) < 4.78 is 6.07. The largest absolute Gasteiger partial charge is 0.491 e. The van der Waals surface area contributed by atoms with Gasteiger partial charge in [-0.15, -0.1) is 17.9 Å². The highest BCUT2D eigenvalue weighted by Gasteiger charge is 2.32. The van der Waals surface area contributed by atoms with Crippen molar-refractivity contribution in [2.45, 2.75) is 32.4 Å². The minimum atomic E-state index is -0.492. The first-order valence-electron chi connectivity index (χ1n) is 10.0. The summed E-state index contributed by atoms with van der Waals surface area (Å²) in [6.45, 7) is 9.93. The third-order valence-corrected chi connectivity index (χ3v) is 6.11. The van der Waals surface area contributed by atoms with Crippen molar-refractivity contribution >= 4 is 17.2 Å². The fourth-order valence-electron chi connectivity index (χ4n) is 3.73. The van der Waals surface area contributed by atoms with Crippen molar-refractivity contribution in [3.8, 4) is 5.75 Å². The molecule has 0 saturated carbocycles. The molecule has 1 N–H and O–H groups in total. The van der Waals surface area contributed by atoms with Crippen molar-refractivity contribution in [2.75, 3.05) is 32.8 Å². The van der Waals surface area contributed by atoms with Gasteiger partial charge in [0.15, 0.2) is 0 Å². The molecule has 156 valence electrons. The fraction of sp³-hybridized carbons (Fsp3) is 0.435. The second-order valence-electron chi connectivity index (χ2n) is 7.61. The van der Waals surface area contributed by atoms with Gasteiger partial charge in [-0.2, -0.15) is 0 Å². The zero-order chi connectivity index (χ0) is 20.8. The molecular formula is C23H30N2O3S. The maximum Gasteiger partial charge on any atom is 0.237 e. The number of thiophene rings is 1. The number of fused-ring (bicyclic) bond motifs is 1. The van der Waals surface area contributed by atoms with Gasteiger partial charge in [0, 0.05) is 24.5 Å². The highest BCUT2D eigenvalue weighted by Crippen LogP contribution is 2.34. The van der Waals surface area contributed by atoms with Gasteiger partial charge in [0.1, 0.15) is 12.4 Å². The van der Waals surface area contributed by atoms with Crippen LogP contribution in [0, 0.1) is 6.92 Å².